The highest BCUT2D eigenvalue weighted by molar-refractivity contribution is 7.98. The van der Waals surface area contributed by atoms with E-state index in [0.29, 0.717) is 27.3 Å². The molecule has 0 aliphatic carbocycles. The molecule has 0 unspecified atom stereocenters. The molecule has 0 radical (unpaired) electrons. The number of aromatic nitrogens is 3. The lowest BCUT2D eigenvalue weighted by atomic mass is 10.1. The zero-order valence-corrected chi connectivity index (χ0v) is 14.0. The zero-order chi connectivity index (χ0) is 17.3. The molecule has 0 amide bonds. The lowest BCUT2D eigenvalue weighted by Crippen LogP contribution is -2.05. The van der Waals surface area contributed by atoms with Crippen LogP contribution >= 0.6 is 23.4 Å². The van der Waals surface area contributed by atoms with Gasteiger partial charge >= 0.3 is 6.18 Å². The van der Waals surface area contributed by atoms with Gasteiger partial charge in [0.2, 0.25) is 5.16 Å². The average Bonchev–Trinajstić information content (AvgIpc) is 2.99. The van der Waals surface area contributed by atoms with E-state index in [9.17, 15) is 13.2 Å². The predicted molar refractivity (Wildman–Crippen MR) is 88.6 cm³/mol. The molecular formula is C16H11ClF3N3S. The third-order valence-electron chi connectivity index (χ3n) is 3.29. The SMILES string of the molecule is CSc1nc(-c2cccc(C(F)(F)F)c2)n(-c2ccc(Cl)cc2)n1. The Morgan fingerprint density at radius 2 is 1.79 bits per heavy atom. The maximum absolute atomic E-state index is 13.0. The number of hydrogen-bond acceptors (Lipinski definition) is 3. The number of hydrogen-bond donors (Lipinski definition) is 0. The Hall–Kier alpha value is -1.99. The Bertz CT molecular complexity index is 860. The molecule has 3 aromatic rings. The van der Waals surface area contributed by atoms with Gasteiger partial charge in [-0.05, 0) is 42.7 Å². The molecule has 24 heavy (non-hydrogen) atoms. The lowest BCUT2D eigenvalue weighted by Gasteiger charge is -2.09. The van der Waals surface area contributed by atoms with Crippen molar-refractivity contribution < 1.29 is 13.2 Å². The Labute approximate surface area is 145 Å². The molecule has 0 saturated carbocycles. The van der Waals surface area contributed by atoms with Crippen molar-refractivity contribution >= 4 is 23.4 Å². The lowest BCUT2D eigenvalue weighted by molar-refractivity contribution is -0.137. The number of halogens is 4. The fourth-order valence-electron chi connectivity index (χ4n) is 2.16. The Morgan fingerprint density at radius 1 is 1.08 bits per heavy atom. The largest absolute Gasteiger partial charge is 0.416 e. The molecule has 0 spiro atoms. The van der Waals surface area contributed by atoms with E-state index in [2.05, 4.69) is 10.1 Å². The van der Waals surface area contributed by atoms with Crippen LogP contribution in [0.15, 0.2) is 53.7 Å². The van der Waals surface area contributed by atoms with Crippen LogP contribution in [0, 0.1) is 0 Å². The van der Waals surface area contributed by atoms with Crippen molar-refractivity contribution in [2.45, 2.75) is 11.3 Å². The first kappa shape index (κ1) is 16.9. The van der Waals surface area contributed by atoms with Gasteiger partial charge in [-0.2, -0.15) is 13.2 Å². The molecule has 0 fully saturated rings. The summed E-state index contributed by atoms with van der Waals surface area (Å²) in [6, 6.07) is 11.9. The van der Waals surface area contributed by atoms with Crippen molar-refractivity contribution in [2.24, 2.45) is 0 Å². The third kappa shape index (κ3) is 3.42. The summed E-state index contributed by atoms with van der Waals surface area (Å²) < 4.78 is 40.4. The highest BCUT2D eigenvalue weighted by atomic mass is 35.5. The molecule has 3 rings (SSSR count). The molecule has 0 bridgehead atoms. The molecule has 124 valence electrons. The molecule has 0 atom stereocenters. The summed E-state index contributed by atoms with van der Waals surface area (Å²) in [6.07, 6.45) is -2.61. The Kier molecular flexibility index (Phi) is 4.56. The number of thioether (sulfide) groups is 1. The van der Waals surface area contributed by atoms with Gasteiger partial charge in [-0.15, -0.1) is 5.10 Å². The standard InChI is InChI=1S/C16H11ClF3N3S/c1-24-15-21-14(10-3-2-4-11(9-10)16(18,19)20)23(22-15)13-7-5-12(17)6-8-13/h2-9H,1H3. The van der Waals surface area contributed by atoms with Gasteiger partial charge < -0.3 is 0 Å². The summed E-state index contributed by atoms with van der Waals surface area (Å²) in [7, 11) is 0. The molecule has 0 aliphatic heterocycles. The minimum Gasteiger partial charge on any atom is -0.212 e. The van der Waals surface area contributed by atoms with Crippen LogP contribution in [-0.4, -0.2) is 21.0 Å². The summed E-state index contributed by atoms with van der Waals surface area (Å²) in [4.78, 5) is 4.34. The van der Waals surface area contributed by atoms with E-state index in [1.807, 2.05) is 0 Å². The summed E-state index contributed by atoms with van der Waals surface area (Å²) in [5.74, 6) is 0.341. The van der Waals surface area contributed by atoms with Gasteiger partial charge in [0.15, 0.2) is 5.82 Å². The first-order valence-electron chi connectivity index (χ1n) is 6.83. The predicted octanol–water partition coefficient (Wildman–Crippen LogP) is 5.33. The van der Waals surface area contributed by atoms with Crippen LogP contribution < -0.4 is 0 Å². The van der Waals surface area contributed by atoms with Crippen LogP contribution in [0.3, 0.4) is 0 Å². The van der Waals surface area contributed by atoms with Crippen molar-refractivity contribution in [3.8, 4) is 17.1 Å². The highest BCUT2D eigenvalue weighted by Crippen LogP contribution is 2.32. The topological polar surface area (TPSA) is 30.7 Å². The molecule has 2 aromatic carbocycles. The molecule has 3 nitrogen and oxygen atoms in total. The van der Waals surface area contributed by atoms with Crippen LogP contribution in [0.1, 0.15) is 5.56 Å². The van der Waals surface area contributed by atoms with E-state index in [-0.39, 0.29) is 0 Å². The minimum absolute atomic E-state index is 0.340. The van der Waals surface area contributed by atoms with Crippen LogP contribution in [0.25, 0.3) is 17.1 Å². The van der Waals surface area contributed by atoms with E-state index in [0.717, 1.165) is 12.1 Å². The number of rotatable bonds is 3. The van der Waals surface area contributed by atoms with Crippen molar-refractivity contribution in [1.29, 1.82) is 0 Å². The number of alkyl halides is 3. The van der Waals surface area contributed by atoms with Crippen LogP contribution in [0.5, 0.6) is 0 Å². The van der Waals surface area contributed by atoms with Crippen LogP contribution in [-0.2, 0) is 6.18 Å². The summed E-state index contributed by atoms with van der Waals surface area (Å²) in [5.41, 5.74) is 0.281. The quantitative estimate of drug-likeness (QED) is 0.585. The molecular weight excluding hydrogens is 359 g/mol. The van der Waals surface area contributed by atoms with E-state index in [4.69, 9.17) is 11.6 Å². The van der Waals surface area contributed by atoms with Gasteiger partial charge in [0.05, 0.1) is 11.3 Å². The van der Waals surface area contributed by atoms with Crippen molar-refractivity contribution in [3.05, 3.63) is 59.1 Å². The number of benzene rings is 2. The Balaban J connectivity index is 2.14. The maximum Gasteiger partial charge on any atom is 0.416 e. The van der Waals surface area contributed by atoms with Crippen molar-refractivity contribution in [3.63, 3.8) is 0 Å². The molecule has 0 N–H and O–H groups in total. The zero-order valence-electron chi connectivity index (χ0n) is 12.4. The highest BCUT2D eigenvalue weighted by Gasteiger charge is 2.31. The fourth-order valence-corrected chi connectivity index (χ4v) is 2.63. The third-order valence-corrected chi connectivity index (χ3v) is 4.08. The van der Waals surface area contributed by atoms with E-state index in [1.165, 1.54) is 22.5 Å². The second-order valence-electron chi connectivity index (χ2n) is 4.89. The van der Waals surface area contributed by atoms with Crippen molar-refractivity contribution in [1.82, 2.24) is 14.8 Å². The van der Waals surface area contributed by atoms with Crippen molar-refractivity contribution in [2.75, 3.05) is 6.26 Å². The molecule has 8 heteroatoms. The van der Waals surface area contributed by atoms with E-state index >= 15 is 0 Å². The monoisotopic (exact) mass is 369 g/mol. The first-order chi connectivity index (χ1) is 11.4. The molecule has 0 saturated heterocycles. The number of nitrogens with zero attached hydrogens (tertiary/aromatic N) is 3. The van der Waals surface area contributed by atoms with Gasteiger partial charge in [-0.25, -0.2) is 9.67 Å². The summed E-state index contributed by atoms with van der Waals surface area (Å²) in [6.45, 7) is 0. The van der Waals surface area contributed by atoms with E-state index < -0.39 is 11.7 Å². The van der Waals surface area contributed by atoms with Gasteiger partial charge in [-0.3, -0.25) is 0 Å². The smallest absolute Gasteiger partial charge is 0.212 e. The fraction of sp³-hybridized carbons (Fsp3) is 0.125. The minimum atomic E-state index is -4.41. The second-order valence-corrected chi connectivity index (χ2v) is 6.10. The van der Waals surface area contributed by atoms with Gasteiger partial charge in [-0.1, -0.05) is 35.5 Å². The Morgan fingerprint density at radius 3 is 2.42 bits per heavy atom. The van der Waals surface area contributed by atoms with Crippen LogP contribution in [0.2, 0.25) is 5.02 Å². The van der Waals surface area contributed by atoms with Crippen LogP contribution in [0.4, 0.5) is 13.2 Å². The second kappa shape index (κ2) is 6.49. The first-order valence-corrected chi connectivity index (χ1v) is 8.43. The summed E-state index contributed by atoms with van der Waals surface area (Å²) in [5, 5.41) is 5.37. The average molecular weight is 370 g/mol. The summed E-state index contributed by atoms with van der Waals surface area (Å²) >= 11 is 7.20. The van der Waals surface area contributed by atoms with Gasteiger partial charge in [0.25, 0.3) is 0 Å². The van der Waals surface area contributed by atoms with Gasteiger partial charge in [0, 0.05) is 10.6 Å². The maximum atomic E-state index is 13.0. The molecule has 0 aliphatic rings. The molecule has 1 heterocycles. The normalized spacial score (nSPS) is 11.7. The molecule has 1 aromatic heterocycles. The van der Waals surface area contributed by atoms with Gasteiger partial charge in [0.1, 0.15) is 0 Å². The van der Waals surface area contributed by atoms with E-state index in [1.54, 1.807) is 36.6 Å².